The normalized spacial score (nSPS) is 10.5. The fourth-order valence-corrected chi connectivity index (χ4v) is 2.22. The van der Waals surface area contributed by atoms with Gasteiger partial charge >= 0.3 is 5.97 Å². The monoisotopic (exact) mass is 328 g/mol. The van der Waals surface area contributed by atoms with Crippen molar-refractivity contribution in [1.29, 1.82) is 0 Å². The second-order valence-electron chi connectivity index (χ2n) is 4.92. The Labute approximate surface area is 137 Å². The summed E-state index contributed by atoms with van der Waals surface area (Å²) in [6, 6.07) is 12.4. The molecule has 3 aromatic rings. The lowest BCUT2D eigenvalue weighted by Crippen LogP contribution is -2.05. The van der Waals surface area contributed by atoms with E-state index in [0.717, 1.165) is 11.3 Å². The third kappa shape index (κ3) is 3.57. The van der Waals surface area contributed by atoms with Gasteiger partial charge in [-0.15, -0.1) is 0 Å². The first kappa shape index (κ1) is 15.2. The molecule has 3 rings (SSSR count). The average Bonchev–Trinajstić information content (AvgIpc) is 3.02. The molecule has 0 fully saturated rings. The van der Waals surface area contributed by atoms with Gasteiger partial charge in [0.2, 0.25) is 0 Å². The first-order valence-corrected chi connectivity index (χ1v) is 7.31. The van der Waals surface area contributed by atoms with Crippen molar-refractivity contribution in [2.45, 2.75) is 13.5 Å². The average molecular weight is 329 g/mol. The number of aromatic nitrogens is 2. The Kier molecular flexibility index (Phi) is 4.39. The van der Waals surface area contributed by atoms with E-state index in [2.05, 4.69) is 10.1 Å². The van der Waals surface area contributed by atoms with Crippen LogP contribution in [0, 0.1) is 6.92 Å². The fourth-order valence-electron chi connectivity index (χ4n) is 1.99. The highest BCUT2D eigenvalue weighted by atomic mass is 35.5. The Balaban J connectivity index is 1.67. The minimum atomic E-state index is -0.465. The van der Waals surface area contributed by atoms with Crippen LogP contribution in [-0.4, -0.2) is 16.1 Å². The summed E-state index contributed by atoms with van der Waals surface area (Å²) >= 11 is 6.11. The molecule has 0 aliphatic rings. The largest absolute Gasteiger partial charge is 0.454 e. The summed E-state index contributed by atoms with van der Waals surface area (Å²) in [5.74, 6) is -0.0264. The van der Waals surface area contributed by atoms with Gasteiger partial charge in [0.15, 0.2) is 12.4 Å². The first-order valence-electron chi connectivity index (χ1n) is 6.94. The molecule has 0 amide bonds. The highest BCUT2D eigenvalue weighted by Crippen LogP contribution is 2.27. The van der Waals surface area contributed by atoms with E-state index >= 15 is 0 Å². The minimum absolute atomic E-state index is 0.00976. The number of ether oxygens (including phenoxy) is 1. The van der Waals surface area contributed by atoms with Crippen molar-refractivity contribution < 1.29 is 14.1 Å². The topological polar surface area (TPSA) is 65.2 Å². The fraction of sp³-hybridized carbons (Fsp3) is 0.118. The lowest BCUT2D eigenvalue weighted by molar-refractivity contribution is 0.0437. The molecule has 0 aliphatic heterocycles. The van der Waals surface area contributed by atoms with E-state index in [4.69, 9.17) is 20.9 Å². The quantitative estimate of drug-likeness (QED) is 0.676. The number of rotatable bonds is 4. The van der Waals surface area contributed by atoms with Gasteiger partial charge in [0.25, 0.3) is 0 Å². The van der Waals surface area contributed by atoms with Gasteiger partial charge in [-0.1, -0.05) is 35.0 Å². The smallest absolute Gasteiger partial charge is 0.340 e. The SMILES string of the molecule is Cc1ccc(C(=O)OCc2cc(-c3ccccc3Cl)no2)cn1. The highest BCUT2D eigenvalue weighted by molar-refractivity contribution is 6.33. The second kappa shape index (κ2) is 6.62. The van der Waals surface area contributed by atoms with Gasteiger partial charge in [-0.3, -0.25) is 4.98 Å². The molecule has 0 saturated heterocycles. The summed E-state index contributed by atoms with van der Waals surface area (Å²) in [5, 5.41) is 4.53. The Morgan fingerprint density at radius 2 is 2.09 bits per heavy atom. The number of hydrogen-bond donors (Lipinski definition) is 0. The third-order valence-corrected chi connectivity index (χ3v) is 3.53. The number of aryl methyl sites for hydroxylation is 1. The molecular weight excluding hydrogens is 316 g/mol. The zero-order valence-electron chi connectivity index (χ0n) is 12.3. The summed E-state index contributed by atoms with van der Waals surface area (Å²) in [5.41, 5.74) is 2.58. The van der Waals surface area contributed by atoms with Crippen molar-refractivity contribution in [3.05, 3.63) is 70.7 Å². The molecule has 6 heteroatoms. The van der Waals surface area contributed by atoms with Gasteiger partial charge in [0.05, 0.1) is 10.6 Å². The molecule has 1 aromatic carbocycles. The Hall–Kier alpha value is -2.66. The molecule has 2 heterocycles. The number of nitrogens with zero attached hydrogens (tertiary/aromatic N) is 2. The van der Waals surface area contributed by atoms with Crippen LogP contribution >= 0.6 is 11.6 Å². The summed E-state index contributed by atoms with van der Waals surface area (Å²) in [7, 11) is 0. The van der Waals surface area contributed by atoms with Gasteiger partial charge in [-0.2, -0.15) is 0 Å². The van der Waals surface area contributed by atoms with Gasteiger partial charge in [-0.25, -0.2) is 4.79 Å². The van der Waals surface area contributed by atoms with Crippen molar-refractivity contribution in [3.63, 3.8) is 0 Å². The molecule has 5 nitrogen and oxygen atoms in total. The van der Waals surface area contributed by atoms with Gasteiger partial charge < -0.3 is 9.26 Å². The highest BCUT2D eigenvalue weighted by Gasteiger charge is 2.12. The zero-order chi connectivity index (χ0) is 16.2. The van der Waals surface area contributed by atoms with Crippen molar-refractivity contribution in [2.75, 3.05) is 0 Å². The second-order valence-corrected chi connectivity index (χ2v) is 5.33. The van der Waals surface area contributed by atoms with Crippen molar-refractivity contribution in [1.82, 2.24) is 10.1 Å². The lowest BCUT2D eigenvalue weighted by Gasteiger charge is -2.02. The Morgan fingerprint density at radius 1 is 1.26 bits per heavy atom. The maximum Gasteiger partial charge on any atom is 0.340 e. The van der Waals surface area contributed by atoms with E-state index in [-0.39, 0.29) is 6.61 Å². The van der Waals surface area contributed by atoms with E-state index in [9.17, 15) is 4.79 Å². The van der Waals surface area contributed by atoms with E-state index < -0.39 is 5.97 Å². The van der Waals surface area contributed by atoms with E-state index in [1.165, 1.54) is 6.20 Å². The van der Waals surface area contributed by atoms with E-state index in [1.54, 1.807) is 24.3 Å². The molecular formula is C17H13ClN2O3. The van der Waals surface area contributed by atoms with Crippen LogP contribution in [0.3, 0.4) is 0 Å². The van der Waals surface area contributed by atoms with Crippen molar-refractivity contribution in [3.8, 4) is 11.3 Å². The third-order valence-electron chi connectivity index (χ3n) is 3.20. The molecule has 0 N–H and O–H groups in total. The zero-order valence-corrected chi connectivity index (χ0v) is 13.1. The van der Waals surface area contributed by atoms with Crippen LogP contribution in [0.4, 0.5) is 0 Å². The molecule has 23 heavy (non-hydrogen) atoms. The molecule has 0 radical (unpaired) electrons. The molecule has 0 aliphatic carbocycles. The van der Waals surface area contributed by atoms with Gasteiger partial charge in [-0.05, 0) is 25.1 Å². The summed E-state index contributed by atoms with van der Waals surface area (Å²) < 4.78 is 10.4. The van der Waals surface area contributed by atoms with Crippen LogP contribution in [0.1, 0.15) is 21.8 Å². The number of hydrogen-bond acceptors (Lipinski definition) is 5. The van der Waals surface area contributed by atoms with Crippen molar-refractivity contribution in [2.24, 2.45) is 0 Å². The van der Waals surface area contributed by atoms with Crippen LogP contribution in [0.2, 0.25) is 5.02 Å². The predicted octanol–water partition coefficient (Wildman–Crippen LogP) is 4.06. The summed E-state index contributed by atoms with van der Waals surface area (Å²) in [6.45, 7) is 1.84. The minimum Gasteiger partial charge on any atom is -0.454 e. The van der Waals surface area contributed by atoms with Crippen LogP contribution < -0.4 is 0 Å². The predicted molar refractivity (Wildman–Crippen MR) is 85.0 cm³/mol. The number of esters is 1. The number of carbonyl (C=O) groups excluding carboxylic acids is 1. The maximum atomic E-state index is 11.9. The maximum absolute atomic E-state index is 11.9. The number of carbonyl (C=O) groups is 1. The van der Waals surface area contributed by atoms with Crippen molar-refractivity contribution >= 4 is 17.6 Å². The standard InChI is InChI=1S/C17H13ClN2O3/c1-11-6-7-12(9-19-11)17(21)22-10-13-8-16(20-23-13)14-4-2-3-5-15(14)18/h2-9H,10H2,1H3. The molecule has 0 saturated carbocycles. The van der Waals surface area contributed by atoms with Crippen LogP contribution in [-0.2, 0) is 11.3 Å². The molecule has 0 bridgehead atoms. The molecule has 116 valence electrons. The van der Waals surface area contributed by atoms with Gasteiger partial charge in [0.1, 0.15) is 5.69 Å². The summed E-state index contributed by atoms with van der Waals surface area (Å²) in [6.07, 6.45) is 1.48. The molecule has 2 aromatic heterocycles. The Morgan fingerprint density at radius 3 is 2.83 bits per heavy atom. The van der Waals surface area contributed by atoms with Crippen LogP contribution in [0.15, 0.2) is 53.2 Å². The van der Waals surface area contributed by atoms with Gasteiger partial charge in [0, 0.05) is 23.5 Å². The number of pyridine rings is 1. The van der Waals surface area contributed by atoms with E-state index in [0.29, 0.717) is 22.0 Å². The molecule has 0 atom stereocenters. The summed E-state index contributed by atoms with van der Waals surface area (Å²) in [4.78, 5) is 16.0. The Bertz CT molecular complexity index is 828. The number of benzene rings is 1. The van der Waals surface area contributed by atoms with E-state index in [1.807, 2.05) is 25.1 Å². The number of halogens is 1. The first-order chi connectivity index (χ1) is 11.1. The molecule has 0 unspecified atom stereocenters. The molecule has 0 spiro atoms. The van der Waals surface area contributed by atoms with Crippen LogP contribution in [0.25, 0.3) is 11.3 Å². The lowest BCUT2D eigenvalue weighted by atomic mass is 10.1. The van der Waals surface area contributed by atoms with Crippen LogP contribution in [0.5, 0.6) is 0 Å².